The highest BCUT2D eigenvalue weighted by Crippen LogP contribution is 2.22. The van der Waals surface area contributed by atoms with E-state index in [1.807, 2.05) is 6.92 Å². The van der Waals surface area contributed by atoms with Gasteiger partial charge in [-0.15, -0.1) is 0 Å². The molecule has 2 rings (SSSR count). The van der Waals surface area contributed by atoms with Crippen LogP contribution in [0.1, 0.15) is 51.6 Å². The molecule has 0 aliphatic carbocycles. The molecule has 0 radical (unpaired) electrons. The minimum absolute atomic E-state index is 0.0591. The van der Waals surface area contributed by atoms with Crippen molar-refractivity contribution < 1.29 is 14.2 Å². The Morgan fingerprint density at radius 1 is 1.42 bits per heavy atom. The van der Waals surface area contributed by atoms with Gasteiger partial charge in [-0.25, -0.2) is 4.63 Å². The zero-order valence-electron chi connectivity index (χ0n) is 11.5. The Balaban J connectivity index is 1.76. The lowest BCUT2D eigenvalue weighted by atomic mass is 10.1. The highest BCUT2D eigenvalue weighted by Gasteiger charge is 2.22. The van der Waals surface area contributed by atoms with Gasteiger partial charge in [-0.05, 0) is 37.8 Å². The fourth-order valence-corrected chi connectivity index (χ4v) is 2.29. The van der Waals surface area contributed by atoms with Crippen LogP contribution in [0.2, 0.25) is 0 Å². The summed E-state index contributed by atoms with van der Waals surface area (Å²) in [6.45, 7) is 4.11. The van der Waals surface area contributed by atoms with Gasteiger partial charge in [-0.3, -0.25) is 4.79 Å². The molecule has 2 atom stereocenters. The van der Waals surface area contributed by atoms with Crippen LogP contribution in [0, 0.1) is 0 Å². The lowest BCUT2D eigenvalue weighted by Crippen LogP contribution is -2.17. The number of aromatic nitrogens is 2. The van der Waals surface area contributed by atoms with Gasteiger partial charge < -0.3 is 10.1 Å². The molecule has 6 heteroatoms. The third-order valence-electron chi connectivity index (χ3n) is 3.31. The van der Waals surface area contributed by atoms with Crippen LogP contribution in [-0.4, -0.2) is 28.4 Å². The molecule has 2 unspecified atom stereocenters. The molecule has 0 saturated carbocycles. The molecule has 0 spiro atoms. The third-order valence-corrected chi connectivity index (χ3v) is 3.31. The number of nitrogens with zero attached hydrogens (tertiary/aromatic N) is 2. The van der Waals surface area contributed by atoms with Gasteiger partial charge >= 0.3 is 0 Å². The summed E-state index contributed by atoms with van der Waals surface area (Å²) in [7, 11) is 0. The van der Waals surface area contributed by atoms with Crippen LogP contribution >= 0.6 is 0 Å². The van der Waals surface area contributed by atoms with Crippen LogP contribution in [0.25, 0.3) is 0 Å². The van der Waals surface area contributed by atoms with Crippen LogP contribution < -0.4 is 5.32 Å². The van der Waals surface area contributed by atoms with Crippen molar-refractivity contribution in [3.05, 3.63) is 5.69 Å². The Morgan fingerprint density at radius 3 is 2.95 bits per heavy atom. The number of hydrogen-bond donors (Lipinski definition) is 1. The summed E-state index contributed by atoms with van der Waals surface area (Å²) < 4.78 is 10.3. The molecule has 2 heterocycles. The van der Waals surface area contributed by atoms with Crippen molar-refractivity contribution in [1.82, 2.24) is 10.3 Å². The predicted molar refractivity (Wildman–Crippen MR) is 69.7 cm³/mol. The number of anilines is 1. The van der Waals surface area contributed by atoms with Gasteiger partial charge in [0.1, 0.15) is 5.69 Å². The van der Waals surface area contributed by atoms with E-state index >= 15 is 0 Å². The molecule has 1 aliphatic heterocycles. The molecule has 1 N–H and O–H groups in total. The molecule has 19 heavy (non-hydrogen) atoms. The monoisotopic (exact) mass is 267 g/mol. The molecular formula is C13H21N3O3. The SMILES string of the molecule is CCCc1nonc1NC(=O)CCC1CCC(C)O1. The van der Waals surface area contributed by atoms with Crippen molar-refractivity contribution >= 4 is 11.7 Å². The van der Waals surface area contributed by atoms with Gasteiger partial charge in [0.25, 0.3) is 0 Å². The second-order valence-electron chi connectivity index (χ2n) is 5.04. The van der Waals surface area contributed by atoms with E-state index in [1.165, 1.54) is 0 Å². The lowest BCUT2D eigenvalue weighted by molar-refractivity contribution is -0.117. The molecule has 6 nitrogen and oxygen atoms in total. The van der Waals surface area contributed by atoms with Gasteiger partial charge in [0.2, 0.25) is 11.7 Å². The maximum Gasteiger partial charge on any atom is 0.225 e. The summed E-state index contributed by atoms with van der Waals surface area (Å²) >= 11 is 0. The number of carbonyl (C=O) groups is 1. The number of carbonyl (C=O) groups excluding carboxylic acids is 1. The first-order valence-corrected chi connectivity index (χ1v) is 6.95. The van der Waals surface area contributed by atoms with Crippen molar-refractivity contribution in [3.8, 4) is 0 Å². The molecule has 0 bridgehead atoms. The second-order valence-corrected chi connectivity index (χ2v) is 5.04. The Bertz CT molecular complexity index is 419. The molecule has 1 amide bonds. The number of ether oxygens (including phenoxy) is 1. The molecule has 0 aromatic carbocycles. The van der Waals surface area contributed by atoms with Crippen molar-refractivity contribution in [2.45, 2.75) is 64.6 Å². The van der Waals surface area contributed by atoms with E-state index in [9.17, 15) is 4.79 Å². The van der Waals surface area contributed by atoms with E-state index in [-0.39, 0.29) is 12.0 Å². The standard InChI is InChI=1S/C13H21N3O3/c1-3-4-11-13(16-19-15-11)14-12(17)8-7-10-6-5-9(2)18-10/h9-10H,3-8H2,1-2H3,(H,14,16,17). The smallest absolute Gasteiger partial charge is 0.225 e. The van der Waals surface area contributed by atoms with Gasteiger partial charge in [-0.2, -0.15) is 0 Å². The zero-order chi connectivity index (χ0) is 13.7. The Kier molecular flexibility index (Phi) is 4.90. The summed E-state index contributed by atoms with van der Waals surface area (Å²) in [5, 5.41) is 10.2. The number of rotatable bonds is 6. The minimum Gasteiger partial charge on any atom is -0.375 e. The maximum absolute atomic E-state index is 11.8. The largest absolute Gasteiger partial charge is 0.375 e. The fourth-order valence-electron chi connectivity index (χ4n) is 2.29. The first-order valence-electron chi connectivity index (χ1n) is 6.95. The van der Waals surface area contributed by atoms with Crippen molar-refractivity contribution in [3.63, 3.8) is 0 Å². The lowest BCUT2D eigenvalue weighted by Gasteiger charge is -2.10. The van der Waals surface area contributed by atoms with Crippen LogP contribution in [0.4, 0.5) is 5.82 Å². The van der Waals surface area contributed by atoms with Gasteiger partial charge in [0, 0.05) is 6.42 Å². The van der Waals surface area contributed by atoms with Crippen molar-refractivity contribution in [1.29, 1.82) is 0 Å². The molecule has 1 aromatic rings. The van der Waals surface area contributed by atoms with E-state index in [2.05, 4.69) is 27.2 Å². The van der Waals surface area contributed by atoms with Crippen LogP contribution in [-0.2, 0) is 16.0 Å². The number of amides is 1. The predicted octanol–water partition coefficient (Wildman–Crippen LogP) is 2.31. The maximum atomic E-state index is 11.8. The number of aryl methyl sites for hydroxylation is 1. The topological polar surface area (TPSA) is 77.3 Å². The number of nitrogens with one attached hydrogen (secondary N) is 1. The first-order chi connectivity index (χ1) is 9.19. The summed E-state index contributed by atoms with van der Waals surface area (Å²) in [5.74, 6) is 0.392. The molecule has 1 aliphatic rings. The first kappa shape index (κ1) is 14.0. The summed E-state index contributed by atoms with van der Waals surface area (Å²) in [6.07, 6.45) is 5.55. The van der Waals surface area contributed by atoms with Gasteiger partial charge in [0.05, 0.1) is 12.2 Å². The average Bonchev–Trinajstić information content (AvgIpc) is 2.97. The quantitative estimate of drug-likeness (QED) is 0.855. The van der Waals surface area contributed by atoms with E-state index < -0.39 is 0 Å². The Hall–Kier alpha value is -1.43. The van der Waals surface area contributed by atoms with Crippen molar-refractivity contribution in [2.75, 3.05) is 5.32 Å². The van der Waals surface area contributed by atoms with Gasteiger partial charge in [0.15, 0.2) is 0 Å². The molecule has 1 saturated heterocycles. The molecule has 106 valence electrons. The highest BCUT2D eigenvalue weighted by atomic mass is 16.6. The van der Waals surface area contributed by atoms with E-state index in [4.69, 9.17) is 4.74 Å². The zero-order valence-corrected chi connectivity index (χ0v) is 11.5. The normalized spacial score (nSPS) is 22.6. The number of hydrogen-bond acceptors (Lipinski definition) is 5. The van der Waals surface area contributed by atoms with Crippen molar-refractivity contribution in [2.24, 2.45) is 0 Å². The Morgan fingerprint density at radius 2 is 2.26 bits per heavy atom. The highest BCUT2D eigenvalue weighted by molar-refractivity contribution is 5.90. The summed E-state index contributed by atoms with van der Waals surface area (Å²) in [6, 6.07) is 0. The van der Waals surface area contributed by atoms with E-state index in [0.717, 1.165) is 32.1 Å². The second kappa shape index (κ2) is 6.65. The van der Waals surface area contributed by atoms with Crippen LogP contribution in [0.5, 0.6) is 0 Å². The molecule has 1 fully saturated rings. The average molecular weight is 267 g/mol. The van der Waals surface area contributed by atoms with E-state index in [1.54, 1.807) is 0 Å². The third kappa shape index (κ3) is 4.02. The van der Waals surface area contributed by atoms with Crippen LogP contribution in [0.3, 0.4) is 0 Å². The minimum atomic E-state index is -0.0591. The summed E-state index contributed by atoms with van der Waals surface area (Å²) in [4.78, 5) is 11.8. The Labute approximate surface area is 112 Å². The van der Waals surface area contributed by atoms with E-state index in [0.29, 0.717) is 24.0 Å². The van der Waals surface area contributed by atoms with Crippen LogP contribution in [0.15, 0.2) is 4.63 Å². The summed E-state index contributed by atoms with van der Waals surface area (Å²) in [5.41, 5.74) is 0.710. The van der Waals surface area contributed by atoms with Gasteiger partial charge in [-0.1, -0.05) is 18.5 Å². The fraction of sp³-hybridized carbons (Fsp3) is 0.769. The molecular weight excluding hydrogens is 246 g/mol. The molecule has 1 aromatic heterocycles.